The molecule has 0 spiro atoms. The maximum atomic E-state index is 11.9. The van der Waals surface area contributed by atoms with E-state index in [0.29, 0.717) is 16.8 Å². The topological polar surface area (TPSA) is 181 Å². The number of hydrogen-bond acceptors (Lipinski definition) is 7. The van der Waals surface area contributed by atoms with Crippen LogP contribution in [0, 0.1) is 6.92 Å². The van der Waals surface area contributed by atoms with E-state index in [1.165, 1.54) is 12.4 Å². The van der Waals surface area contributed by atoms with Gasteiger partial charge in [0.1, 0.15) is 0 Å². The largest absolute Gasteiger partial charge is 2.00 e. The Morgan fingerprint density at radius 3 is 2.31 bits per heavy atom. The Morgan fingerprint density at radius 2 is 1.77 bits per heavy atom. The van der Waals surface area contributed by atoms with E-state index in [1.54, 1.807) is 37.3 Å². The average Bonchev–Trinajstić information content (AvgIpc) is 2.61. The van der Waals surface area contributed by atoms with Crippen LogP contribution in [-0.2, 0) is 38.6 Å². The molecule has 0 aliphatic rings. The molecule has 2 N–H and O–H groups in total. The fourth-order valence-electron chi connectivity index (χ4n) is 1.69. The predicted molar refractivity (Wildman–Crippen MR) is 84.4 cm³/mol. The Balaban J connectivity index is -0.00000102. The van der Waals surface area contributed by atoms with Gasteiger partial charge in [0.2, 0.25) is 0 Å². The van der Waals surface area contributed by atoms with Crippen molar-refractivity contribution < 1.29 is 52.4 Å². The number of aliphatic hydroxyl groups is 2. The van der Waals surface area contributed by atoms with Gasteiger partial charge in [-0.3, -0.25) is 4.98 Å². The molecule has 0 unspecified atom stereocenters. The molecular weight excluding hydrogens is 426 g/mol. The summed E-state index contributed by atoms with van der Waals surface area (Å²) in [5.41, 5.74) is 1.24. The second kappa shape index (κ2) is 15.1. The molecule has 2 rings (SSSR count). The third-order valence-electron chi connectivity index (χ3n) is 2.86. The van der Waals surface area contributed by atoms with Crippen molar-refractivity contribution in [2.75, 3.05) is 7.11 Å². The number of rotatable bonds is 4. The summed E-state index contributed by atoms with van der Waals surface area (Å²) in [6.07, 6.45) is 2.57. The molecule has 0 radical (unpaired) electrons. The number of aliphatic hydroxyl groups excluding tert-OH is 2. The van der Waals surface area contributed by atoms with Crippen molar-refractivity contribution in [2.24, 2.45) is 10.2 Å². The molecule has 0 bridgehead atoms. The molecule has 1 aromatic heterocycles. The van der Waals surface area contributed by atoms with Gasteiger partial charge in [0.25, 0.3) is 0 Å². The molecule has 1 aromatic carbocycles. The zero-order chi connectivity index (χ0) is 17.2. The van der Waals surface area contributed by atoms with Gasteiger partial charge in [-0.25, -0.2) is 0 Å². The van der Waals surface area contributed by atoms with Crippen LogP contribution in [0.3, 0.4) is 0 Å². The second-order valence-electron chi connectivity index (χ2n) is 4.29. The van der Waals surface area contributed by atoms with Crippen LogP contribution in [-0.4, -0.2) is 34.4 Å². The van der Waals surface area contributed by atoms with E-state index < -0.39 is 5.90 Å². The minimum absolute atomic E-state index is 0. The summed E-state index contributed by atoms with van der Waals surface area (Å²) in [5.74, 6) is -0.844. The molecule has 0 saturated carbocycles. The third-order valence-corrected chi connectivity index (χ3v) is 2.86. The minimum atomic E-state index is -0.504. The number of nitrogens with zero attached hydrogens (tertiary/aromatic N) is 3. The SMILES string of the molecule is CO.Cc1ncc(CO)c(/C=N/N=C(\[O-])c2ccccc2)c1[O-].[Mo].[O-2].[O-2]. The number of aromatic nitrogens is 1. The molecule has 26 heavy (non-hydrogen) atoms. The van der Waals surface area contributed by atoms with E-state index in [0.717, 1.165) is 7.11 Å². The van der Waals surface area contributed by atoms with E-state index in [-0.39, 0.29) is 49.9 Å². The van der Waals surface area contributed by atoms with Crippen LogP contribution in [0.15, 0.2) is 46.7 Å². The van der Waals surface area contributed by atoms with Crippen molar-refractivity contribution in [3.63, 3.8) is 0 Å². The molecule has 0 amide bonds. The van der Waals surface area contributed by atoms with Crippen molar-refractivity contribution in [2.45, 2.75) is 13.5 Å². The number of aryl methyl sites for hydroxylation is 1. The normalized spacial score (nSPS) is 9.92. The maximum Gasteiger partial charge on any atom is 0.0703 e. The summed E-state index contributed by atoms with van der Waals surface area (Å²) in [5, 5.41) is 47.0. The Hall–Kier alpha value is -2.16. The molecular formula is C16H17MoN3O6-6. The molecule has 144 valence electrons. The molecule has 0 aliphatic carbocycles. The van der Waals surface area contributed by atoms with Crippen LogP contribution in [0.2, 0.25) is 0 Å². The number of benzene rings is 1. The van der Waals surface area contributed by atoms with E-state index in [2.05, 4.69) is 15.2 Å². The summed E-state index contributed by atoms with van der Waals surface area (Å²) in [7, 11) is 1.00. The third kappa shape index (κ3) is 7.81. The van der Waals surface area contributed by atoms with Gasteiger partial charge in [0, 0.05) is 51.5 Å². The standard InChI is InChI=1S/C15H15N3O3.CH4O.Mo.2O/c1-10-14(20)13(12(9-19)7-16-10)8-17-18-15(21)11-5-3-2-4-6-11;1-2;;;/h2-8,19-20H,9H2,1H3,(H,18,21);2H,1H3;;;/q;;;2*-2/p-2/b17-8+;;;;. The van der Waals surface area contributed by atoms with Crippen LogP contribution >= 0.6 is 0 Å². The van der Waals surface area contributed by atoms with Gasteiger partial charge in [-0.1, -0.05) is 36.1 Å². The van der Waals surface area contributed by atoms with Crippen molar-refractivity contribution in [3.05, 3.63) is 58.9 Å². The fourth-order valence-corrected chi connectivity index (χ4v) is 1.69. The van der Waals surface area contributed by atoms with Gasteiger partial charge >= 0.3 is 0 Å². The fraction of sp³-hybridized carbons (Fsp3) is 0.188. The van der Waals surface area contributed by atoms with Gasteiger partial charge in [-0.15, -0.1) is 0 Å². The monoisotopic (exact) mass is 445 g/mol. The first kappa shape index (κ1) is 28.6. The first-order chi connectivity index (χ1) is 11.1. The molecule has 9 nitrogen and oxygen atoms in total. The number of pyridine rings is 1. The Kier molecular flexibility index (Phi) is 16.7. The second-order valence-corrected chi connectivity index (χ2v) is 4.29. The van der Waals surface area contributed by atoms with Crippen LogP contribution in [0.4, 0.5) is 0 Å². The molecule has 10 heteroatoms. The van der Waals surface area contributed by atoms with E-state index in [1.807, 2.05) is 0 Å². The Morgan fingerprint density at radius 1 is 1.19 bits per heavy atom. The van der Waals surface area contributed by atoms with Gasteiger partial charge in [-0.2, -0.15) is 10.2 Å². The first-order valence-electron chi connectivity index (χ1n) is 6.68. The number of hydrogen-bond donors (Lipinski definition) is 2. The summed E-state index contributed by atoms with van der Waals surface area (Å²) in [4.78, 5) is 3.87. The van der Waals surface area contributed by atoms with E-state index >= 15 is 0 Å². The Bertz CT molecular complexity index is 696. The molecule has 2 aromatic rings. The summed E-state index contributed by atoms with van der Waals surface area (Å²) in [6, 6.07) is 8.47. The van der Waals surface area contributed by atoms with Crippen LogP contribution in [0.1, 0.15) is 22.4 Å². The summed E-state index contributed by atoms with van der Waals surface area (Å²) in [6.45, 7) is 1.23. The van der Waals surface area contributed by atoms with Crippen LogP contribution in [0.25, 0.3) is 0 Å². The van der Waals surface area contributed by atoms with E-state index in [4.69, 9.17) is 5.11 Å². The maximum absolute atomic E-state index is 11.9. The van der Waals surface area contributed by atoms with Gasteiger partial charge in [-0.05, 0) is 18.1 Å². The van der Waals surface area contributed by atoms with Gasteiger partial charge < -0.3 is 31.4 Å². The molecule has 0 aliphatic heterocycles. The Labute approximate surface area is 165 Å². The predicted octanol–water partition coefficient (Wildman–Crippen LogP) is -0.535. The van der Waals surface area contributed by atoms with Crippen molar-refractivity contribution in [1.29, 1.82) is 0 Å². The average molecular weight is 443 g/mol. The zero-order valence-corrected chi connectivity index (χ0v) is 16.0. The van der Waals surface area contributed by atoms with Crippen LogP contribution in [0.5, 0.6) is 5.75 Å². The van der Waals surface area contributed by atoms with Crippen molar-refractivity contribution in [3.8, 4) is 5.75 Å². The minimum Gasteiger partial charge on any atom is -2.00 e. The van der Waals surface area contributed by atoms with Gasteiger partial charge in [0.05, 0.1) is 12.8 Å². The summed E-state index contributed by atoms with van der Waals surface area (Å²) < 4.78 is 0. The summed E-state index contributed by atoms with van der Waals surface area (Å²) >= 11 is 0. The zero-order valence-electron chi connectivity index (χ0n) is 14.0. The smallest absolute Gasteiger partial charge is 0.0703 e. The molecule has 0 saturated heterocycles. The molecule has 0 atom stereocenters. The van der Waals surface area contributed by atoms with Gasteiger partial charge in [0.15, 0.2) is 0 Å². The quantitative estimate of drug-likeness (QED) is 0.278. The first-order valence-corrected chi connectivity index (χ1v) is 6.68. The molecule has 1 heterocycles. The van der Waals surface area contributed by atoms with Crippen molar-refractivity contribution >= 4 is 12.1 Å². The molecule has 0 fully saturated rings. The van der Waals surface area contributed by atoms with Crippen LogP contribution < -0.4 is 10.2 Å². The van der Waals surface area contributed by atoms with E-state index in [9.17, 15) is 15.3 Å². The van der Waals surface area contributed by atoms with Crippen molar-refractivity contribution in [1.82, 2.24) is 4.98 Å².